The zero-order chi connectivity index (χ0) is 19.3. The lowest BCUT2D eigenvalue weighted by Crippen LogP contribution is -2.50. The number of halogens is 3. The number of carboxylic acids is 1. The molecule has 0 aliphatic rings. The van der Waals surface area contributed by atoms with Crippen LogP contribution in [0, 0.1) is 11.3 Å². The average Bonchev–Trinajstić information content (AvgIpc) is 2.50. The topological polar surface area (TPSA) is 102 Å². The van der Waals surface area contributed by atoms with Gasteiger partial charge in [-0.1, -0.05) is 0 Å². The van der Waals surface area contributed by atoms with E-state index in [1.165, 1.54) is 26.0 Å². The minimum absolute atomic E-state index is 0.0603. The van der Waals surface area contributed by atoms with Crippen LogP contribution in [0.15, 0.2) is 18.2 Å². The second kappa shape index (κ2) is 7.98. The summed E-state index contributed by atoms with van der Waals surface area (Å²) in [7, 11) is 0. The van der Waals surface area contributed by atoms with Gasteiger partial charge in [0.05, 0.1) is 22.7 Å². The number of nitriles is 1. The van der Waals surface area contributed by atoms with Gasteiger partial charge in [0.1, 0.15) is 0 Å². The summed E-state index contributed by atoms with van der Waals surface area (Å²) >= 11 is 0. The van der Waals surface area contributed by atoms with Gasteiger partial charge >= 0.3 is 12.1 Å². The number of carbonyl (C=O) groups is 2. The van der Waals surface area contributed by atoms with Crippen LogP contribution in [0.25, 0.3) is 0 Å². The molecule has 0 spiro atoms. The Hall–Kier alpha value is -2.60. The third-order valence-corrected chi connectivity index (χ3v) is 3.41. The van der Waals surface area contributed by atoms with Gasteiger partial charge in [-0.3, -0.25) is 9.59 Å². The van der Waals surface area contributed by atoms with Crippen molar-refractivity contribution in [1.29, 1.82) is 5.26 Å². The maximum absolute atomic E-state index is 12.9. The molecule has 6 nitrogen and oxygen atoms in total. The van der Waals surface area contributed by atoms with Crippen molar-refractivity contribution in [3.05, 3.63) is 29.3 Å². The Morgan fingerprint density at radius 3 is 2.44 bits per heavy atom. The summed E-state index contributed by atoms with van der Waals surface area (Å²) in [6.07, 6.45) is -4.47. The Morgan fingerprint density at radius 2 is 1.92 bits per heavy atom. The predicted octanol–water partition coefficient (Wildman–Crippen LogP) is 2.75. The molecule has 0 aliphatic heterocycles. The van der Waals surface area contributed by atoms with Gasteiger partial charge in [-0.05, 0) is 45.0 Å². The van der Waals surface area contributed by atoms with Gasteiger partial charge in [0.25, 0.3) is 0 Å². The van der Waals surface area contributed by atoms with Crippen molar-refractivity contribution in [1.82, 2.24) is 5.32 Å². The van der Waals surface area contributed by atoms with Crippen LogP contribution in [0.3, 0.4) is 0 Å². The quantitative estimate of drug-likeness (QED) is 0.651. The number of amides is 1. The molecule has 0 heterocycles. The van der Waals surface area contributed by atoms with Crippen LogP contribution in [-0.2, 0) is 15.8 Å². The zero-order valence-electron chi connectivity index (χ0n) is 13.7. The molecule has 1 aromatic rings. The molecule has 0 radical (unpaired) electrons. The van der Waals surface area contributed by atoms with Crippen LogP contribution in [0.1, 0.15) is 37.8 Å². The summed E-state index contributed by atoms with van der Waals surface area (Å²) in [6, 6.07) is 4.37. The standard InChI is InChI=1S/C16H18F3N3O3/c1-15(2,21-7-3-4-13(23)24)14(25)22-11-6-5-10(9-20)12(8-11)16(17,18)19/h5-6,8,21H,3-4,7H2,1-2H3,(H,22,25)(H,23,24). The molecule has 9 heteroatoms. The molecule has 0 fully saturated rings. The highest BCUT2D eigenvalue weighted by Crippen LogP contribution is 2.33. The summed E-state index contributed by atoms with van der Waals surface area (Å²) in [4.78, 5) is 22.7. The smallest absolute Gasteiger partial charge is 0.417 e. The van der Waals surface area contributed by atoms with Crippen LogP contribution in [0.5, 0.6) is 0 Å². The molecule has 0 saturated heterocycles. The van der Waals surface area contributed by atoms with Crippen LogP contribution in [0.4, 0.5) is 18.9 Å². The van der Waals surface area contributed by atoms with Crippen molar-refractivity contribution in [3.63, 3.8) is 0 Å². The van der Waals surface area contributed by atoms with Gasteiger partial charge < -0.3 is 15.7 Å². The number of aliphatic carboxylic acids is 1. The normalized spacial score (nSPS) is 11.7. The SMILES string of the molecule is CC(C)(NCCCC(=O)O)C(=O)Nc1ccc(C#N)c(C(F)(F)F)c1. The van der Waals surface area contributed by atoms with Crippen LogP contribution in [-0.4, -0.2) is 29.1 Å². The number of hydrogen-bond donors (Lipinski definition) is 3. The van der Waals surface area contributed by atoms with E-state index in [2.05, 4.69) is 10.6 Å². The number of carboxylic acid groups (broad SMARTS) is 1. The summed E-state index contributed by atoms with van der Waals surface area (Å²) in [5, 5.41) is 22.5. The molecule has 0 saturated carbocycles. The van der Waals surface area contributed by atoms with Crippen LogP contribution < -0.4 is 10.6 Å². The molecule has 1 aromatic carbocycles. The highest BCUT2D eigenvalue weighted by atomic mass is 19.4. The third-order valence-electron chi connectivity index (χ3n) is 3.41. The molecular formula is C16H18F3N3O3. The lowest BCUT2D eigenvalue weighted by molar-refractivity contribution is -0.138. The molecule has 0 bridgehead atoms. The lowest BCUT2D eigenvalue weighted by Gasteiger charge is -2.25. The van der Waals surface area contributed by atoms with Crippen molar-refractivity contribution in [3.8, 4) is 6.07 Å². The molecule has 0 aromatic heterocycles. The number of benzene rings is 1. The first-order chi connectivity index (χ1) is 11.5. The van der Waals surface area contributed by atoms with Gasteiger partial charge in [0, 0.05) is 12.1 Å². The van der Waals surface area contributed by atoms with Gasteiger partial charge in [0.2, 0.25) is 5.91 Å². The molecule has 3 N–H and O–H groups in total. The second-order valence-corrected chi connectivity index (χ2v) is 5.87. The summed E-state index contributed by atoms with van der Waals surface area (Å²) in [5.41, 5.74) is -2.86. The van der Waals surface area contributed by atoms with E-state index in [4.69, 9.17) is 10.4 Å². The van der Waals surface area contributed by atoms with Crippen molar-refractivity contribution < 1.29 is 27.9 Å². The maximum atomic E-state index is 12.9. The van der Waals surface area contributed by atoms with Crippen LogP contribution >= 0.6 is 0 Å². The fourth-order valence-corrected chi connectivity index (χ4v) is 1.96. The van der Waals surface area contributed by atoms with E-state index < -0.39 is 34.7 Å². The van der Waals surface area contributed by atoms with Crippen LogP contribution in [0.2, 0.25) is 0 Å². The number of anilines is 1. The molecular weight excluding hydrogens is 339 g/mol. The second-order valence-electron chi connectivity index (χ2n) is 5.87. The first-order valence-corrected chi connectivity index (χ1v) is 7.37. The molecule has 1 rings (SSSR count). The average molecular weight is 357 g/mol. The summed E-state index contributed by atoms with van der Waals surface area (Å²) in [6.45, 7) is 3.31. The van der Waals surface area contributed by atoms with Crippen molar-refractivity contribution >= 4 is 17.6 Å². The van der Waals surface area contributed by atoms with E-state index in [9.17, 15) is 22.8 Å². The molecule has 25 heavy (non-hydrogen) atoms. The lowest BCUT2D eigenvalue weighted by atomic mass is 10.0. The Bertz CT molecular complexity index is 694. The molecule has 0 atom stereocenters. The minimum Gasteiger partial charge on any atom is -0.481 e. The summed E-state index contributed by atoms with van der Waals surface area (Å²) < 4.78 is 38.8. The third kappa shape index (κ3) is 6.08. The van der Waals surface area contributed by atoms with E-state index in [1.54, 1.807) is 0 Å². The van der Waals surface area contributed by atoms with Gasteiger partial charge in [-0.2, -0.15) is 18.4 Å². The highest BCUT2D eigenvalue weighted by Gasteiger charge is 2.34. The first kappa shape index (κ1) is 20.4. The zero-order valence-corrected chi connectivity index (χ0v) is 13.7. The van der Waals surface area contributed by atoms with Crippen molar-refractivity contribution in [2.45, 2.75) is 38.4 Å². The monoisotopic (exact) mass is 357 g/mol. The molecule has 1 amide bonds. The van der Waals surface area contributed by atoms with Gasteiger partial charge in [-0.25, -0.2) is 0 Å². The predicted molar refractivity (Wildman–Crippen MR) is 83.7 cm³/mol. The number of alkyl halides is 3. The van der Waals surface area contributed by atoms with E-state index in [0.29, 0.717) is 12.5 Å². The Balaban J connectivity index is 2.82. The van der Waals surface area contributed by atoms with E-state index in [0.717, 1.165) is 6.07 Å². The molecule has 0 unspecified atom stereocenters. The maximum Gasteiger partial charge on any atom is 0.417 e. The minimum atomic E-state index is -4.71. The number of hydrogen-bond acceptors (Lipinski definition) is 4. The van der Waals surface area contributed by atoms with Crippen molar-refractivity contribution in [2.24, 2.45) is 0 Å². The summed E-state index contributed by atoms with van der Waals surface area (Å²) in [5.74, 6) is -1.54. The number of nitrogens with one attached hydrogen (secondary N) is 2. The number of rotatable bonds is 7. The number of carbonyl (C=O) groups excluding carboxylic acids is 1. The van der Waals surface area contributed by atoms with E-state index in [-0.39, 0.29) is 18.7 Å². The highest BCUT2D eigenvalue weighted by molar-refractivity contribution is 5.97. The Kier molecular flexibility index (Phi) is 6.53. The largest absolute Gasteiger partial charge is 0.481 e. The van der Waals surface area contributed by atoms with Crippen molar-refractivity contribution in [2.75, 3.05) is 11.9 Å². The Morgan fingerprint density at radius 1 is 1.28 bits per heavy atom. The number of nitrogens with zero attached hydrogens (tertiary/aromatic N) is 1. The Labute approximate surface area is 142 Å². The molecule has 136 valence electrons. The fraction of sp³-hybridized carbons (Fsp3) is 0.438. The molecule has 0 aliphatic carbocycles. The van der Waals surface area contributed by atoms with E-state index >= 15 is 0 Å². The van der Waals surface area contributed by atoms with Gasteiger partial charge in [0.15, 0.2) is 0 Å². The van der Waals surface area contributed by atoms with E-state index in [1.807, 2.05) is 0 Å². The van der Waals surface area contributed by atoms with Gasteiger partial charge in [-0.15, -0.1) is 0 Å². The first-order valence-electron chi connectivity index (χ1n) is 7.37. The fourth-order valence-electron chi connectivity index (χ4n) is 1.96.